The van der Waals surface area contributed by atoms with E-state index in [0.29, 0.717) is 30.7 Å². The first kappa shape index (κ1) is 15.5. The molecule has 0 atom stereocenters. The van der Waals surface area contributed by atoms with Gasteiger partial charge in [0.25, 0.3) is 5.91 Å². The Bertz CT molecular complexity index is 793. The van der Waals surface area contributed by atoms with Gasteiger partial charge in [0.05, 0.1) is 21.3 Å². The summed E-state index contributed by atoms with van der Waals surface area (Å²) < 4.78 is 0.427. The molecular formula is C15H8Cl2N2OS2. The molecule has 0 spiro atoms. The molecule has 0 radical (unpaired) electrons. The van der Waals surface area contributed by atoms with Gasteiger partial charge in [-0.15, -0.1) is 0 Å². The number of halogens is 2. The third-order valence-corrected chi connectivity index (χ3v) is 4.75. The lowest BCUT2D eigenvalue weighted by molar-refractivity contribution is -0.113. The molecule has 0 saturated carbocycles. The van der Waals surface area contributed by atoms with Crippen molar-refractivity contribution < 1.29 is 4.79 Å². The van der Waals surface area contributed by atoms with E-state index in [2.05, 4.69) is 4.98 Å². The molecule has 3 nitrogen and oxygen atoms in total. The lowest BCUT2D eigenvalue weighted by Gasteiger charge is -2.16. The van der Waals surface area contributed by atoms with Crippen molar-refractivity contribution in [1.29, 1.82) is 0 Å². The van der Waals surface area contributed by atoms with Gasteiger partial charge < -0.3 is 0 Å². The first-order valence-electron chi connectivity index (χ1n) is 6.20. The van der Waals surface area contributed by atoms with Crippen LogP contribution in [0.25, 0.3) is 6.08 Å². The first-order chi connectivity index (χ1) is 10.6. The molecule has 0 N–H and O–H groups in total. The molecule has 0 bridgehead atoms. The first-order valence-corrected chi connectivity index (χ1v) is 8.18. The number of amides is 1. The number of anilines is 1. The highest BCUT2D eigenvalue weighted by molar-refractivity contribution is 8.27. The molecule has 0 aliphatic carbocycles. The van der Waals surface area contributed by atoms with Gasteiger partial charge in [0.1, 0.15) is 0 Å². The largest absolute Gasteiger partial charge is 0.270 e. The van der Waals surface area contributed by atoms with Crippen LogP contribution < -0.4 is 4.90 Å². The number of carbonyl (C=O) groups is 1. The molecule has 1 aromatic carbocycles. The summed E-state index contributed by atoms with van der Waals surface area (Å²) in [4.78, 5) is 18.7. The Morgan fingerprint density at radius 2 is 2.05 bits per heavy atom. The van der Waals surface area contributed by atoms with E-state index in [9.17, 15) is 4.79 Å². The number of rotatable bonds is 2. The maximum Gasteiger partial charge on any atom is 0.270 e. The second-order valence-corrected chi connectivity index (χ2v) is 6.89. The minimum absolute atomic E-state index is 0.218. The lowest BCUT2D eigenvalue weighted by Crippen LogP contribution is -2.27. The summed E-state index contributed by atoms with van der Waals surface area (Å²) in [6.07, 6.45) is 3.38. The molecule has 1 aliphatic heterocycles. The predicted molar refractivity (Wildman–Crippen MR) is 96.4 cm³/mol. The molecule has 22 heavy (non-hydrogen) atoms. The monoisotopic (exact) mass is 366 g/mol. The number of pyridine rings is 1. The molecule has 2 heterocycles. The zero-order chi connectivity index (χ0) is 15.7. The average molecular weight is 367 g/mol. The maximum absolute atomic E-state index is 12.6. The van der Waals surface area contributed by atoms with Gasteiger partial charge in [-0.3, -0.25) is 14.7 Å². The van der Waals surface area contributed by atoms with Crippen molar-refractivity contribution in [2.45, 2.75) is 0 Å². The zero-order valence-corrected chi connectivity index (χ0v) is 14.1. The Labute approximate surface area is 146 Å². The highest BCUT2D eigenvalue weighted by Gasteiger charge is 2.34. The standard InChI is InChI=1S/C15H8Cl2N2OS2/c16-9-4-5-12(11(17)7-9)19-14(20)13(22-15(19)21)8-10-3-1-2-6-18-10/h1-8H/b13-8+. The van der Waals surface area contributed by atoms with Crippen LogP contribution >= 0.6 is 47.2 Å². The summed E-state index contributed by atoms with van der Waals surface area (Å²) in [5.41, 5.74) is 1.23. The fourth-order valence-electron chi connectivity index (χ4n) is 1.93. The molecule has 110 valence electrons. The van der Waals surface area contributed by atoms with Crippen LogP contribution in [-0.2, 0) is 4.79 Å². The van der Waals surface area contributed by atoms with Crippen molar-refractivity contribution in [2.24, 2.45) is 0 Å². The van der Waals surface area contributed by atoms with Crippen molar-refractivity contribution in [1.82, 2.24) is 4.98 Å². The Hall–Kier alpha value is -1.40. The highest BCUT2D eigenvalue weighted by Crippen LogP contribution is 2.39. The molecule has 1 aromatic heterocycles. The SMILES string of the molecule is O=C1/C(=C\c2ccccn2)SC(=S)N1c1ccc(Cl)cc1Cl. The normalized spacial score (nSPS) is 16.6. The Balaban J connectivity index is 1.97. The summed E-state index contributed by atoms with van der Waals surface area (Å²) in [5, 5.41) is 0.881. The van der Waals surface area contributed by atoms with Crippen molar-refractivity contribution in [3.8, 4) is 0 Å². The molecule has 1 fully saturated rings. The Morgan fingerprint density at radius 1 is 1.23 bits per heavy atom. The molecule has 1 saturated heterocycles. The van der Waals surface area contributed by atoms with Crippen LogP contribution in [-0.4, -0.2) is 15.2 Å². The number of hydrogen-bond acceptors (Lipinski definition) is 4. The summed E-state index contributed by atoms with van der Waals surface area (Å²) in [7, 11) is 0. The summed E-state index contributed by atoms with van der Waals surface area (Å²) in [5.74, 6) is -0.218. The van der Waals surface area contributed by atoms with E-state index in [4.69, 9.17) is 35.4 Å². The van der Waals surface area contributed by atoms with Gasteiger partial charge in [0, 0.05) is 11.2 Å². The van der Waals surface area contributed by atoms with E-state index in [-0.39, 0.29) is 5.91 Å². The van der Waals surface area contributed by atoms with Gasteiger partial charge in [0.15, 0.2) is 4.32 Å². The fourth-order valence-corrected chi connectivity index (χ4v) is 3.70. The molecule has 3 rings (SSSR count). The number of aromatic nitrogens is 1. The van der Waals surface area contributed by atoms with Crippen molar-refractivity contribution in [3.63, 3.8) is 0 Å². The Morgan fingerprint density at radius 3 is 2.73 bits per heavy atom. The van der Waals surface area contributed by atoms with Crippen LogP contribution in [0.3, 0.4) is 0 Å². The van der Waals surface area contributed by atoms with Gasteiger partial charge in [-0.25, -0.2) is 0 Å². The number of nitrogens with zero attached hydrogens (tertiary/aromatic N) is 2. The van der Waals surface area contributed by atoms with E-state index in [1.54, 1.807) is 30.5 Å². The topological polar surface area (TPSA) is 33.2 Å². The van der Waals surface area contributed by atoms with E-state index in [1.807, 2.05) is 18.2 Å². The van der Waals surface area contributed by atoms with E-state index < -0.39 is 0 Å². The van der Waals surface area contributed by atoms with Crippen molar-refractivity contribution in [2.75, 3.05) is 4.90 Å². The molecule has 7 heteroatoms. The van der Waals surface area contributed by atoms with Gasteiger partial charge in [-0.05, 0) is 36.4 Å². The molecule has 2 aromatic rings. The molecule has 1 aliphatic rings. The minimum atomic E-state index is -0.218. The summed E-state index contributed by atoms with van der Waals surface area (Å²) >= 11 is 18.6. The van der Waals surface area contributed by atoms with E-state index in [0.717, 1.165) is 0 Å². The molecular weight excluding hydrogens is 359 g/mol. The van der Waals surface area contributed by atoms with Gasteiger partial charge in [-0.2, -0.15) is 0 Å². The average Bonchev–Trinajstić information content (AvgIpc) is 2.75. The van der Waals surface area contributed by atoms with E-state index >= 15 is 0 Å². The lowest BCUT2D eigenvalue weighted by atomic mass is 10.2. The minimum Gasteiger partial charge on any atom is -0.268 e. The fraction of sp³-hybridized carbons (Fsp3) is 0. The van der Waals surface area contributed by atoms with Gasteiger partial charge >= 0.3 is 0 Å². The number of hydrogen-bond donors (Lipinski definition) is 0. The zero-order valence-electron chi connectivity index (χ0n) is 11.0. The number of benzene rings is 1. The molecule has 0 unspecified atom stereocenters. The maximum atomic E-state index is 12.6. The van der Waals surface area contributed by atoms with Crippen LogP contribution in [0.5, 0.6) is 0 Å². The quantitative estimate of drug-likeness (QED) is 0.564. The van der Waals surface area contributed by atoms with Crippen LogP contribution in [0.1, 0.15) is 5.69 Å². The van der Waals surface area contributed by atoms with Crippen molar-refractivity contribution in [3.05, 3.63) is 63.2 Å². The summed E-state index contributed by atoms with van der Waals surface area (Å²) in [6.45, 7) is 0. The smallest absolute Gasteiger partial charge is 0.268 e. The van der Waals surface area contributed by atoms with Crippen LogP contribution in [0.4, 0.5) is 5.69 Å². The van der Waals surface area contributed by atoms with Crippen LogP contribution in [0.2, 0.25) is 10.0 Å². The molecule has 1 amide bonds. The van der Waals surface area contributed by atoms with Crippen LogP contribution in [0, 0.1) is 0 Å². The number of carbonyl (C=O) groups excluding carboxylic acids is 1. The summed E-state index contributed by atoms with van der Waals surface area (Å²) in [6, 6.07) is 10.4. The second kappa shape index (κ2) is 6.38. The van der Waals surface area contributed by atoms with Crippen molar-refractivity contribution >= 4 is 69.2 Å². The van der Waals surface area contributed by atoms with Crippen LogP contribution in [0.15, 0.2) is 47.5 Å². The van der Waals surface area contributed by atoms with Gasteiger partial charge in [0.2, 0.25) is 0 Å². The van der Waals surface area contributed by atoms with Gasteiger partial charge in [-0.1, -0.05) is 53.2 Å². The highest BCUT2D eigenvalue weighted by atomic mass is 35.5. The second-order valence-electron chi connectivity index (χ2n) is 4.37. The number of thioether (sulfide) groups is 1. The number of thiocarbonyl (C=S) groups is 1. The third kappa shape index (κ3) is 3.03. The predicted octanol–water partition coefficient (Wildman–Crippen LogP) is 4.79. The Kier molecular flexibility index (Phi) is 4.49. The van der Waals surface area contributed by atoms with E-state index in [1.165, 1.54) is 16.7 Å². The third-order valence-electron chi connectivity index (χ3n) is 2.91.